The quantitative estimate of drug-likeness (QED) is 0.490. The van der Waals surface area contributed by atoms with Gasteiger partial charge < -0.3 is 0 Å². The van der Waals surface area contributed by atoms with E-state index < -0.39 is 8.90 Å². The number of hydrogen-bond donors (Lipinski definition) is 0. The predicted molar refractivity (Wildman–Crippen MR) is 83.8 cm³/mol. The Morgan fingerprint density at radius 1 is 0.600 bits per heavy atom. The first-order valence-electron chi connectivity index (χ1n) is 6.00. The van der Waals surface area contributed by atoms with Gasteiger partial charge in [-0.3, -0.25) is 0 Å². The Kier molecular flexibility index (Phi) is 3.52. The molecule has 1 heterocycles. The SMILES string of the molecule is BrC1(c2ccccc2)N=NN=NC1(Br)c1ccccc1. The third kappa shape index (κ3) is 2.03. The van der Waals surface area contributed by atoms with Crippen LogP contribution in [0.1, 0.15) is 11.1 Å². The van der Waals surface area contributed by atoms with E-state index in [1.54, 1.807) is 0 Å². The molecule has 3 rings (SSSR count). The average Bonchev–Trinajstić information content (AvgIpc) is 2.52. The molecular weight excluding hydrogens is 384 g/mol. The molecular formula is C14H10Br2N4. The van der Waals surface area contributed by atoms with Crippen molar-refractivity contribution < 1.29 is 0 Å². The van der Waals surface area contributed by atoms with Crippen LogP contribution < -0.4 is 0 Å². The van der Waals surface area contributed by atoms with Crippen LogP contribution in [0.3, 0.4) is 0 Å². The lowest BCUT2D eigenvalue weighted by molar-refractivity contribution is 0.416. The molecule has 0 N–H and O–H groups in total. The number of alkyl halides is 2. The fourth-order valence-electron chi connectivity index (χ4n) is 2.11. The maximum Gasteiger partial charge on any atom is 0.204 e. The number of halogens is 2. The highest BCUT2D eigenvalue weighted by Crippen LogP contribution is 2.56. The molecule has 1 aliphatic rings. The third-order valence-corrected chi connectivity index (χ3v) is 6.07. The Labute approximate surface area is 133 Å². The summed E-state index contributed by atoms with van der Waals surface area (Å²) in [4.78, 5) is 0. The van der Waals surface area contributed by atoms with Crippen LogP contribution in [-0.4, -0.2) is 0 Å². The second kappa shape index (κ2) is 5.18. The van der Waals surface area contributed by atoms with Crippen molar-refractivity contribution in [2.45, 2.75) is 8.90 Å². The van der Waals surface area contributed by atoms with E-state index in [1.807, 2.05) is 60.7 Å². The van der Waals surface area contributed by atoms with Gasteiger partial charge in [0.1, 0.15) is 0 Å². The molecule has 2 aromatic carbocycles. The second-order valence-electron chi connectivity index (χ2n) is 4.36. The van der Waals surface area contributed by atoms with Crippen molar-refractivity contribution in [3.05, 3.63) is 71.8 Å². The summed E-state index contributed by atoms with van der Waals surface area (Å²) in [7, 11) is 0. The van der Waals surface area contributed by atoms with Crippen LogP contribution in [0.25, 0.3) is 0 Å². The maximum absolute atomic E-state index is 4.30. The number of hydrogen-bond acceptors (Lipinski definition) is 4. The molecule has 20 heavy (non-hydrogen) atoms. The standard InChI is InChI=1S/C14H10Br2N4/c15-13(11-7-3-1-4-8-11)14(16,18-20-19-17-13)12-9-5-2-6-10-12/h1-10H. The highest BCUT2D eigenvalue weighted by molar-refractivity contribution is 9.12. The number of rotatable bonds is 2. The third-order valence-electron chi connectivity index (χ3n) is 3.16. The van der Waals surface area contributed by atoms with Gasteiger partial charge in [-0.1, -0.05) is 60.7 Å². The molecule has 0 fully saturated rings. The molecule has 2 aromatic rings. The summed E-state index contributed by atoms with van der Waals surface area (Å²) in [6.07, 6.45) is 0. The van der Waals surface area contributed by atoms with E-state index in [9.17, 15) is 0 Å². The van der Waals surface area contributed by atoms with E-state index in [-0.39, 0.29) is 0 Å². The summed E-state index contributed by atoms with van der Waals surface area (Å²) >= 11 is 7.40. The minimum Gasteiger partial charge on any atom is -0.140 e. The summed E-state index contributed by atoms with van der Waals surface area (Å²) in [5.41, 5.74) is 1.89. The molecule has 2 unspecified atom stereocenters. The molecule has 4 nitrogen and oxygen atoms in total. The minimum atomic E-state index is -0.843. The van der Waals surface area contributed by atoms with Gasteiger partial charge in [0.25, 0.3) is 0 Å². The summed E-state index contributed by atoms with van der Waals surface area (Å²) < 4.78 is -1.69. The highest BCUT2D eigenvalue weighted by atomic mass is 79.9. The van der Waals surface area contributed by atoms with Crippen molar-refractivity contribution in [2.75, 3.05) is 0 Å². The Balaban J connectivity index is 2.19. The monoisotopic (exact) mass is 392 g/mol. The summed E-state index contributed by atoms with van der Waals surface area (Å²) in [5, 5.41) is 16.1. The van der Waals surface area contributed by atoms with E-state index >= 15 is 0 Å². The van der Waals surface area contributed by atoms with Crippen LogP contribution in [0.2, 0.25) is 0 Å². The smallest absolute Gasteiger partial charge is 0.140 e. The van der Waals surface area contributed by atoms with Crippen molar-refractivity contribution >= 4 is 31.9 Å². The number of benzene rings is 2. The molecule has 0 aliphatic carbocycles. The zero-order chi connectivity index (χ0) is 14.1. The molecule has 0 bridgehead atoms. The average molecular weight is 394 g/mol. The van der Waals surface area contributed by atoms with Crippen molar-refractivity contribution in [2.24, 2.45) is 20.7 Å². The molecule has 6 heteroatoms. The zero-order valence-corrected chi connectivity index (χ0v) is 13.5. The lowest BCUT2D eigenvalue weighted by atomic mass is 9.94. The van der Waals surface area contributed by atoms with Crippen LogP contribution in [0.4, 0.5) is 0 Å². The molecule has 100 valence electrons. The fourth-order valence-corrected chi connectivity index (χ4v) is 3.40. The lowest BCUT2D eigenvalue weighted by Crippen LogP contribution is -2.38. The van der Waals surface area contributed by atoms with E-state index in [2.05, 4.69) is 52.5 Å². The van der Waals surface area contributed by atoms with Gasteiger partial charge in [0.15, 0.2) is 0 Å². The van der Waals surface area contributed by atoms with Crippen LogP contribution in [0.5, 0.6) is 0 Å². The largest absolute Gasteiger partial charge is 0.204 e. The van der Waals surface area contributed by atoms with Crippen LogP contribution in [-0.2, 0) is 8.90 Å². The van der Waals surface area contributed by atoms with Gasteiger partial charge >= 0.3 is 0 Å². The van der Waals surface area contributed by atoms with Gasteiger partial charge in [0.05, 0.1) is 0 Å². The van der Waals surface area contributed by atoms with Crippen LogP contribution in [0, 0.1) is 0 Å². The topological polar surface area (TPSA) is 49.4 Å². The zero-order valence-electron chi connectivity index (χ0n) is 10.3. The van der Waals surface area contributed by atoms with Crippen molar-refractivity contribution in [1.29, 1.82) is 0 Å². The molecule has 1 aliphatic heterocycles. The van der Waals surface area contributed by atoms with Gasteiger partial charge in [-0.15, -0.1) is 10.2 Å². The van der Waals surface area contributed by atoms with E-state index in [0.29, 0.717) is 0 Å². The lowest BCUT2D eigenvalue weighted by Gasteiger charge is -2.36. The maximum atomic E-state index is 4.30. The van der Waals surface area contributed by atoms with E-state index in [4.69, 9.17) is 0 Å². The van der Waals surface area contributed by atoms with Crippen molar-refractivity contribution in [1.82, 2.24) is 0 Å². The Hall–Kier alpha value is -1.40. The first-order chi connectivity index (χ1) is 9.67. The highest BCUT2D eigenvalue weighted by Gasteiger charge is 2.54. The first-order valence-corrected chi connectivity index (χ1v) is 7.58. The number of nitrogens with zero attached hydrogens (tertiary/aromatic N) is 4. The molecule has 0 amide bonds. The molecule has 0 spiro atoms. The van der Waals surface area contributed by atoms with Gasteiger partial charge in [-0.25, -0.2) is 0 Å². The minimum absolute atomic E-state index is 0.843. The Morgan fingerprint density at radius 3 is 1.30 bits per heavy atom. The van der Waals surface area contributed by atoms with E-state index in [1.165, 1.54) is 0 Å². The molecule has 2 atom stereocenters. The molecule has 0 saturated heterocycles. The van der Waals surface area contributed by atoms with Crippen LogP contribution >= 0.6 is 31.9 Å². The normalized spacial score (nSPS) is 28.5. The molecule has 0 aromatic heterocycles. The first kappa shape index (κ1) is 13.6. The summed E-state index contributed by atoms with van der Waals surface area (Å²) in [6, 6.07) is 19.7. The molecule has 0 radical (unpaired) electrons. The molecule has 0 saturated carbocycles. The van der Waals surface area contributed by atoms with Gasteiger partial charge in [-0.2, -0.15) is 0 Å². The van der Waals surface area contributed by atoms with Crippen molar-refractivity contribution in [3.8, 4) is 0 Å². The van der Waals surface area contributed by atoms with Crippen molar-refractivity contribution in [3.63, 3.8) is 0 Å². The predicted octanol–water partition coefficient (Wildman–Crippen LogP) is 5.32. The van der Waals surface area contributed by atoms with Gasteiger partial charge in [-0.05, 0) is 53.4 Å². The van der Waals surface area contributed by atoms with E-state index in [0.717, 1.165) is 11.1 Å². The second-order valence-corrected chi connectivity index (χ2v) is 6.65. The Morgan fingerprint density at radius 2 is 0.950 bits per heavy atom. The summed E-state index contributed by atoms with van der Waals surface area (Å²) in [5.74, 6) is 0. The van der Waals surface area contributed by atoms with Gasteiger partial charge in [0, 0.05) is 0 Å². The van der Waals surface area contributed by atoms with Crippen LogP contribution in [0.15, 0.2) is 81.3 Å². The fraction of sp³-hybridized carbons (Fsp3) is 0.143. The van der Waals surface area contributed by atoms with Gasteiger partial charge in [0.2, 0.25) is 8.90 Å². The Bertz CT molecular complexity index is 600. The summed E-state index contributed by atoms with van der Waals surface area (Å²) in [6.45, 7) is 0.